The van der Waals surface area contributed by atoms with E-state index in [9.17, 15) is 0 Å². The van der Waals surface area contributed by atoms with Gasteiger partial charge in [-0.15, -0.1) is 0 Å². The van der Waals surface area contributed by atoms with E-state index in [1.807, 2.05) is 31.3 Å². The minimum Gasteiger partial charge on any atom is -0.323 e. The standard InChI is InChI=1S/C22H26N8/c1-15-10-22(28-27-15)26-21-11-19-18(4-2-8-24-19)20(25-21)14-29-12-16-5-6-17(13-29)30(16)9-3-7-23/h2,4,8,10-11,16-17H,3,5-6,9,12-14H2,1H3,(H2,25,26,27,28)/t16-,17?/m0/s1. The van der Waals surface area contributed by atoms with Gasteiger partial charge in [0.2, 0.25) is 0 Å². The lowest BCUT2D eigenvalue weighted by molar-refractivity contribution is 0.0639. The maximum atomic E-state index is 8.96. The Labute approximate surface area is 175 Å². The van der Waals surface area contributed by atoms with Crippen LogP contribution in [0.4, 0.5) is 11.6 Å². The van der Waals surface area contributed by atoms with Gasteiger partial charge in [0.1, 0.15) is 5.82 Å². The van der Waals surface area contributed by atoms with Crippen LogP contribution in [0.15, 0.2) is 30.5 Å². The van der Waals surface area contributed by atoms with Crippen LogP contribution in [0.2, 0.25) is 0 Å². The van der Waals surface area contributed by atoms with E-state index in [2.05, 4.69) is 42.4 Å². The molecule has 0 aromatic carbocycles. The van der Waals surface area contributed by atoms with Gasteiger partial charge >= 0.3 is 0 Å². The molecule has 1 unspecified atom stereocenters. The van der Waals surface area contributed by atoms with Crippen LogP contribution in [0.3, 0.4) is 0 Å². The predicted octanol–water partition coefficient (Wildman–Crippen LogP) is 2.97. The van der Waals surface area contributed by atoms with Crippen LogP contribution in [-0.2, 0) is 6.54 Å². The molecule has 8 heteroatoms. The van der Waals surface area contributed by atoms with Gasteiger partial charge in [-0.2, -0.15) is 10.4 Å². The molecule has 0 aliphatic carbocycles. The Hall–Kier alpha value is -3.02. The second-order valence-corrected chi connectivity index (χ2v) is 8.31. The number of piperazine rings is 1. The number of rotatable bonds is 6. The average molecular weight is 403 g/mol. The molecule has 2 saturated heterocycles. The molecule has 2 aliphatic heterocycles. The zero-order valence-corrected chi connectivity index (χ0v) is 17.2. The molecule has 3 aromatic heterocycles. The summed E-state index contributed by atoms with van der Waals surface area (Å²) in [6, 6.07) is 11.4. The molecule has 0 spiro atoms. The summed E-state index contributed by atoms with van der Waals surface area (Å²) in [4.78, 5) is 14.6. The van der Waals surface area contributed by atoms with E-state index >= 15 is 0 Å². The van der Waals surface area contributed by atoms with Crippen molar-refractivity contribution < 1.29 is 0 Å². The second-order valence-electron chi connectivity index (χ2n) is 8.31. The Morgan fingerprint density at radius 2 is 2.07 bits per heavy atom. The van der Waals surface area contributed by atoms with E-state index in [4.69, 9.17) is 10.2 Å². The van der Waals surface area contributed by atoms with Gasteiger partial charge in [0, 0.05) is 74.1 Å². The van der Waals surface area contributed by atoms with Crippen molar-refractivity contribution in [3.8, 4) is 6.07 Å². The minimum absolute atomic E-state index is 0.551. The quantitative estimate of drug-likeness (QED) is 0.654. The molecule has 2 aliphatic rings. The Morgan fingerprint density at radius 1 is 1.23 bits per heavy atom. The fourth-order valence-electron chi connectivity index (χ4n) is 4.90. The highest BCUT2D eigenvalue weighted by atomic mass is 15.3. The van der Waals surface area contributed by atoms with Gasteiger partial charge < -0.3 is 5.32 Å². The van der Waals surface area contributed by atoms with Crippen molar-refractivity contribution in [2.45, 2.75) is 44.8 Å². The molecule has 2 atom stereocenters. The summed E-state index contributed by atoms with van der Waals surface area (Å²) in [5.74, 6) is 1.52. The molecule has 3 aromatic rings. The fraction of sp³-hybridized carbons (Fsp3) is 0.455. The largest absolute Gasteiger partial charge is 0.323 e. The normalized spacial score (nSPS) is 21.7. The van der Waals surface area contributed by atoms with Crippen LogP contribution in [0.5, 0.6) is 0 Å². The first kappa shape index (κ1) is 19.0. The number of H-pyrrole nitrogens is 1. The molecular weight excluding hydrogens is 376 g/mol. The summed E-state index contributed by atoms with van der Waals surface area (Å²) in [6.07, 6.45) is 4.89. The Kier molecular flexibility index (Phi) is 5.07. The van der Waals surface area contributed by atoms with Crippen LogP contribution in [0, 0.1) is 18.3 Å². The lowest BCUT2D eigenvalue weighted by Gasteiger charge is -2.40. The molecule has 2 bridgehead atoms. The Bertz CT molecular complexity index is 1070. The van der Waals surface area contributed by atoms with Crippen LogP contribution in [0.1, 0.15) is 30.7 Å². The molecule has 5 rings (SSSR count). The molecule has 8 nitrogen and oxygen atoms in total. The van der Waals surface area contributed by atoms with E-state index in [1.165, 1.54) is 12.8 Å². The monoisotopic (exact) mass is 402 g/mol. The topological polar surface area (TPSA) is 96.8 Å². The van der Waals surface area contributed by atoms with Crippen LogP contribution < -0.4 is 5.32 Å². The third-order valence-corrected chi connectivity index (χ3v) is 6.20. The van der Waals surface area contributed by atoms with Gasteiger partial charge in [-0.05, 0) is 31.9 Å². The third kappa shape index (κ3) is 3.74. The van der Waals surface area contributed by atoms with Crippen molar-refractivity contribution >= 4 is 22.5 Å². The summed E-state index contributed by atoms with van der Waals surface area (Å²) < 4.78 is 0. The van der Waals surface area contributed by atoms with E-state index < -0.39 is 0 Å². The van der Waals surface area contributed by atoms with Crippen molar-refractivity contribution in [1.82, 2.24) is 30.0 Å². The first-order valence-electron chi connectivity index (χ1n) is 10.6. The van der Waals surface area contributed by atoms with Gasteiger partial charge in [0.05, 0.1) is 17.3 Å². The molecule has 154 valence electrons. The van der Waals surface area contributed by atoms with Gasteiger partial charge in [0.15, 0.2) is 5.82 Å². The number of aryl methyl sites for hydroxylation is 1. The Morgan fingerprint density at radius 3 is 2.80 bits per heavy atom. The van der Waals surface area contributed by atoms with E-state index in [0.717, 1.165) is 60.1 Å². The molecule has 5 heterocycles. The molecule has 0 amide bonds. The maximum absolute atomic E-state index is 8.96. The second kappa shape index (κ2) is 8.01. The van der Waals surface area contributed by atoms with Crippen molar-refractivity contribution in [1.29, 1.82) is 5.26 Å². The number of anilines is 2. The lowest BCUT2D eigenvalue weighted by atomic mass is 10.1. The number of aromatic nitrogens is 4. The fourth-order valence-corrected chi connectivity index (χ4v) is 4.90. The number of likely N-dealkylation sites (tertiary alicyclic amines) is 1. The highest BCUT2D eigenvalue weighted by molar-refractivity contribution is 5.83. The Balaban J connectivity index is 1.38. The number of nitriles is 1. The van der Waals surface area contributed by atoms with Crippen LogP contribution in [-0.4, -0.2) is 61.7 Å². The zero-order chi connectivity index (χ0) is 20.5. The minimum atomic E-state index is 0.551. The summed E-state index contributed by atoms with van der Waals surface area (Å²) in [6.45, 7) is 5.73. The van der Waals surface area contributed by atoms with Crippen molar-refractivity contribution in [3.05, 3.63) is 41.9 Å². The number of pyridine rings is 2. The van der Waals surface area contributed by atoms with Gasteiger partial charge in [-0.3, -0.25) is 19.9 Å². The van der Waals surface area contributed by atoms with E-state index in [-0.39, 0.29) is 0 Å². The highest BCUT2D eigenvalue weighted by Crippen LogP contribution is 2.31. The van der Waals surface area contributed by atoms with Crippen molar-refractivity contribution in [3.63, 3.8) is 0 Å². The average Bonchev–Trinajstić information content (AvgIpc) is 3.25. The highest BCUT2D eigenvalue weighted by Gasteiger charge is 2.39. The first-order chi connectivity index (χ1) is 14.7. The van der Waals surface area contributed by atoms with Crippen molar-refractivity contribution in [2.24, 2.45) is 0 Å². The smallest absolute Gasteiger partial charge is 0.153 e. The summed E-state index contributed by atoms with van der Waals surface area (Å²) in [5, 5.41) is 20.6. The van der Waals surface area contributed by atoms with Gasteiger partial charge in [-0.25, -0.2) is 4.98 Å². The van der Waals surface area contributed by atoms with Gasteiger partial charge in [-0.1, -0.05) is 0 Å². The SMILES string of the molecule is Cc1cc(Nc2cc3ncccc3c(CN3CC4CC[C@@H](C3)N4CCC#N)n2)n[nH]1. The maximum Gasteiger partial charge on any atom is 0.153 e. The lowest BCUT2D eigenvalue weighted by Crippen LogP contribution is -2.53. The number of nitrogens with one attached hydrogen (secondary N) is 2. The molecule has 0 saturated carbocycles. The summed E-state index contributed by atoms with van der Waals surface area (Å²) in [7, 11) is 0. The molecule has 0 radical (unpaired) electrons. The third-order valence-electron chi connectivity index (χ3n) is 6.20. The summed E-state index contributed by atoms with van der Waals surface area (Å²) >= 11 is 0. The number of nitrogens with zero attached hydrogens (tertiary/aromatic N) is 6. The predicted molar refractivity (Wildman–Crippen MR) is 115 cm³/mol. The van der Waals surface area contributed by atoms with Crippen molar-refractivity contribution in [2.75, 3.05) is 25.0 Å². The van der Waals surface area contributed by atoms with Crippen LogP contribution >= 0.6 is 0 Å². The van der Waals surface area contributed by atoms with Gasteiger partial charge in [0.25, 0.3) is 0 Å². The molecule has 30 heavy (non-hydrogen) atoms. The first-order valence-corrected chi connectivity index (χ1v) is 10.6. The number of fused-ring (bicyclic) bond motifs is 3. The number of hydrogen-bond donors (Lipinski definition) is 2. The molecule has 2 fully saturated rings. The number of hydrogen-bond acceptors (Lipinski definition) is 7. The summed E-state index contributed by atoms with van der Waals surface area (Å²) in [5.41, 5.74) is 2.98. The number of aromatic amines is 1. The van der Waals surface area contributed by atoms with Crippen LogP contribution in [0.25, 0.3) is 10.9 Å². The molecular formula is C22H26N8. The van der Waals surface area contributed by atoms with E-state index in [1.54, 1.807) is 0 Å². The molecule has 2 N–H and O–H groups in total. The zero-order valence-electron chi connectivity index (χ0n) is 17.2. The van der Waals surface area contributed by atoms with E-state index in [0.29, 0.717) is 18.5 Å².